The molecule has 0 aliphatic rings. The van der Waals surface area contributed by atoms with E-state index in [2.05, 4.69) is 10.5 Å². The number of benzene rings is 2. The Morgan fingerprint density at radius 2 is 1.81 bits per heavy atom. The Hall–Kier alpha value is -3.82. The monoisotopic (exact) mass is 358 g/mol. The first-order valence-corrected chi connectivity index (χ1v) is 7.25. The summed E-state index contributed by atoms with van der Waals surface area (Å²) in [6.07, 6.45) is 0. The fourth-order valence-corrected chi connectivity index (χ4v) is 2.08. The number of hydrazone groups is 1. The second kappa shape index (κ2) is 7.83. The predicted molar refractivity (Wildman–Crippen MR) is 92.4 cm³/mol. The van der Waals surface area contributed by atoms with Crippen LogP contribution in [0.4, 0.5) is 11.4 Å². The fourth-order valence-electron chi connectivity index (χ4n) is 2.08. The molecule has 134 valence electrons. The zero-order valence-electron chi connectivity index (χ0n) is 13.8. The Balaban J connectivity index is 2.21. The Morgan fingerprint density at radius 3 is 2.42 bits per heavy atom. The van der Waals surface area contributed by atoms with E-state index in [9.17, 15) is 25.0 Å². The van der Waals surface area contributed by atoms with Gasteiger partial charge in [-0.1, -0.05) is 6.07 Å². The molecule has 10 nitrogen and oxygen atoms in total. The van der Waals surface area contributed by atoms with Crippen LogP contribution in [-0.4, -0.2) is 28.6 Å². The molecule has 1 amide bonds. The average molecular weight is 358 g/mol. The van der Waals surface area contributed by atoms with Gasteiger partial charge in [0.2, 0.25) is 0 Å². The van der Waals surface area contributed by atoms with E-state index in [1.54, 1.807) is 13.0 Å². The highest BCUT2D eigenvalue weighted by Gasteiger charge is 2.16. The molecular weight excluding hydrogens is 344 g/mol. The maximum Gasteiger partial charge on any atom is 0.311 e. The second-order valence-electron chi connectivity index (χ2n) is 5.09. The van der Waals surface area contributed by atoms with Crippen molar-refractivity contribution in [3.63, 3.8) is 0 Å². The molecule has 0 atom stereocenters. The van der Waals surface area contributed by atoms with Crippen molar-refractivity contribution in [2.45, 2.75) is 6.92 Å². The van der Waals surface area contributed by atoms with Crippen molar-refractivity contribution in [2.24, 2.45) is 5.10 Å². The minimum atomic E-state index is -0.643. The smallest absolute Gasteiger partial charge is 0.311 e. The molecule has 2 aromatic rings. The number of nitro benzene ring substituents is 2. The Morgan fingerprint density at radius 1 is 1.08 bits per heavy atom. The summed E-state index contributed by atoms with van der Waals surface area (Å²) in [5.74, 6) is -0.539. The summed E-state index contributed by atoms with van der Waals surface area (Å²) in [6.45, 7) is 1.55. The number of amides is 1. The largest absolute Gasteiger partial charge is 0.490 e. The van der Waals surface area contributed by atoms with Gasteiger partial charge in [0.25, 0.3) is 11.6 Å². The lowest BCUT2D eigenvalue weighted by Gasteiger charge is -2.05. The van der Waals surface area contributed by atoms with E-state index in [1.165, 1.54) is 37.4 Å². The van der Waals surface area contributed by atoms with Crippen LogP contribution >= 0.6 is 0 Å². The van der Waals surface area contributed by atoms with E-state index in [-0.39, 0.29) is 22.7 Å². The van der Waals surface area contributed by atoms with Crippen LogP contribution in [0.15, 0.2) is 47.6 Å². The number of nitrogens with zero attached hydrogens (tertiary/aromatic N) is 3. The fraction of sp³-hybridized carbons (Fsp3) is 0.125. The van der Waals surface area contributed by atoms with Crippen LogP contribution in [0.1, 0.15) is 22.8 Å². The van der Waals surface area contributed by atoms with E-state index in [0.717, 1.165) is 6.07 Å². The average Bonchev–Trinajstić information content (AvgIpc) is 2.65. The van der Waals surface area contributed by atoms with Crippen molar-refractivity contribution in [1.29, 1.82) is 0 Å². The van der Waals surface area contributed by atoms with Crippen LogP contribution < -0.4 is 10.2 Å². The van der Waals surface area contributed by atoms with Crippen molar-refractivity contribution in [2.75, 3.05) is 7.11 Å². The normalized spacial score (nSPS) is 10.9. The maximum absolute atomic E-state index is 12.1. The third-order valence-electron chi connectivity index (χ3n) is 3.44. The highest BCUT2D eigenvalue weighted by atomic mass is 16.6. The summed E-state index contributed by atoms with van der Waals surface area (Å²) < 4.78 is 4.92. The molecule has 0 bridgehead atoms. The number of hydrogen-bond acceptors (Lipinski definition) is 7. The standard InChI is InChI=1S/C16H14N4O6/c1-10(11-6-7-15(26-2)14(9-11)20(24)25)17-18-16(21)12-4-3-5-13(8-12)19(22)23/h3-9H,1-2H3,(H,18,21)/b17-10-. The SMILES string of the molecule is COc1ccc(/C(C)=N\NC(=O)c2cccc([N+](=O)[O-])c2)cc1[N+](=O)[O-]. The van der Waals surface area contributed by atoms with Crippen molar-refractivity contribution in [3.05, 3.63) is 73.8 Å². The van der Waals surface area contributed by atoms with Gasteiger partial charge in [-0.05, 0) is 25.1 Å². The van der Waals surface area contributed by atoms with Gasteiger partial charge in [-0.3, -0.25) is 25.0 Å². The van der Waals surface area contributed by atoms with Gasteiger partial charge in [-0.25, -0.2) is 5.43 Å². The maximum atomic E-state index is 12.1. The van der Waals surface area contributed by atoms with E-state index >= 15 is 0 Å². The van der Waals surface area contributed by atoms with Crippen LogP contribution in [0.25, 0.3) is 0 Å². The first-order valence-electron chi connectivity index (χ1n) is 7.25. The van der Waals surface area contributed by atoms with Crippen molar-refractivity contribution in [3.8, 4) is 5.75 Å². The van der Waals surface area contributed by atoms with Gasteiger partial charge in [0.1, 0.15) is 0 Å². The molecule has 1 N–H and O–H groups in total. The van der Waals surface area contributed by atoms with E-state index < -0.39 is 15.8 Å². The van der Waals surface area contributed by atoms with E-state index in [0.29, 0.717) is 11.3 Å². The molecule has 0 aromatic heterocycles. The summed E-state index contributed by atoms with van der Waals surface area (Å²) in [5, 5.41) is 25.7. The number of ether oxygens (including phenoxy) is 1. The minimum absolute atomic E-state index is 0.0662. The quantitative estimate of drug-likeness (QED) is 0.479. The molecule has 0 saturated carbocycles. The first kappa shape index (κ1) is 18.5. The van der Waals surface area contributed by atoms with Gasteiger partial charge in [-0.2, -0.15) is 5.10 Å². The summed E-state index contributed by atoms with van der Waals surface area (Å²) in [7, 11) is 1.32. The molecule has 26 heavy (non-hydrogen) atoms. The summed E-state index contributed by atoms with van der Waals surface area (Å²) >= 11 is 0. The number of carbonyl (C=O) groups is 1. The van der Waals surface area contributed by atoms with Gasteiger partial charge >= 0.3 is 5.69 Å². The molecule has 0 saturated heterocycles. The zero-order chi connectivity index (χ0) is 19.3. The van der Waals surface area contributed by atoms with Gasteiger partial charge in [0.05, 0.1) is 22.7 Å². The Bertz CT molecular complexity index is 909. The molecule has 2 rings (SSSR count). The molecule has 2 aromatic carbocycles. The third-order valence-corrected chi connectivity index (χ3v) is 3.44. The zero-order valence-corrected chi connectivity index (χ0v) is 13.8. The molecule has 0 fully saturated rings. The third kappa shape index (κ3) is 4.17. The molecule has 0 aliphatic heterocycles. The van der Waals surface area contributed by atoms with Gasteiger partial charge in [0.15, 0.2) is 5.75 Å². The van der Waals surface area contributed by atoms with E-state index in [1.807, 2.05) is 0 Å². The van der Waals surface area contributed by atoms with Crippen LogP contribution in [-0.2, 0) is 0 Å². The minimum Gasteiger partial charge on any atom is -0.490 e. The van der Waals surface area contributed by atoms with Crippen LogP contribution in [0.5, 0.6) is 5.75 Å². The lowest BCUT2D eigenvalue weighted by molar-refractivity contribution is -0.385. The molecule has 0 unspecified atom stereocenters. The van der Waals surface area contributed by atoms with Gasteiger partial charge in [-0.15, -0.1) is 0 Å². The van der Waals surface area contributed by atoms with Gasteiger partial charge in [0, 0.05) is 29.3 Å². The second-order valence-corrected chi connectivity index (χ2v) is 5.09. The summed E-state index contributed by atoms with van der Waals surface area (Å²) in [5.41, 5.74) is 2.61. The lowest BCUT2D eigenvalue weighted by Crippen LogP contribution is -2.19. The summed E-state index contributed by atoms with van der Waals surface area (Å²) in [4.78, 5) is 32.7. The van der Waals surface area contributed by atoms with Crippen molar-refractivity contribution < 1.29 is 19.4 Å². The highest BCUT2D eigenvalue weighted by molar-refractivity contribution is 6.01. The molecule has 10 heteroatoms. The van der Waals surface area contributed by atoms with Crippen molar-refractivity contribution in [1.82, 2.24) is 5.43 Å². The Labute approximate surface area is 147 Å². The highest BCUT2D eigenvalue weighted by Crippen LogP contribution is 2.27. The molecule has 0 spiro atoms. The number of rotatable bonds is 6. The van der Waals surface area contributed by atoms with Crippen LogP contribution in [0, 0.1) is 20.2 Å². The van der Waals surface area contributed by atoms with Crippen molar-refractivity contribution >= 4 is 23.0 Å². The number of hydrogen-bond donors (Lipinski definition) is 1. The number of methoxy groups -OCH3 is 1. The number of non-ortho nitro benzene ring substituents is 1. The molecule has 0 radical (unpaired) electrons. The number of carbonyl (C=O) groups excluding carboxylic acids is 1. The topological polar surface area (TPSA) is 137 Å². The van der Waals surface area contributed by atoms with Crippen LogP contribution in [0.2, 0.25) is 0 Å². The lowest BCUT2D eigenvalue weighted by atomic mass is 10.1. The molecule has 0 heterocycles. The molecular formula is C16H14N4O6. The first-order chi connectivity index (χ1) is 12.3. The van der Waals surface area contributed by atoms with Crippen LogP contribution in [0.3, 0.4) is 0 Å². The molecule has 0 aliphatic carbocycles. The van der Waals surface area contributed by atoms with Gasteiger partial charge < -0.3 is 4.74 Å². The predicted octanol–water partition coefficient (Wildman–Crippen LogP) is 2.67. The number of nitro groups is 2. The van der Waals surface area contributed by atoms with E-state index in [4.69, 9.17) is 4.74 Å². The number of nitrogens with one attached hydrogen (secondary N) is 1. The summed E-state index contributed by atoms with van der Waals surface area (Å²) in [6, 6.07) is 9.44. The Kier molecular flexibility index (Phi) is 5.58.